The SMILES string of the molecule is CNc1nc(-c2ncc[nH]2)nc(CC(C)C)c1I. The van der Waals surface area contributed by atoms with E-state index >= 15 is 0 Å². The number of halogens is 1. The minimum atomic E-state index is 0.558. The molecule has 0 aliphatic heterocycles. The monoisotopic (exact) mass is 357 g/mol. The van der Waals surface area contributed by atoms with Crippen LogP contribution in [-0.4, -0.2) is 27.0 Å². The lowest BCUT2D eigenvalue weighted by atomic mass is 10.1. The van der Waals surface area contributed by atoms with Gasteiger partial charge < -0.3 is 10.3 Å². The summed E-state index contributed by atoms with van der Waals surface area (Å²) in [6.45, 7) is 4.37. The lowest BCUT2D eigenvalue weighted by Gasteiger charge is -2.11. The summed E-state index contributed by atoms with van der Waals surface area (Å²) in [6.07, 6.45) is 4.42. The van der Waals surface area contributed by atoms with Crippen molar-refractivity contribution in [3.05, 3.63) is 21.7 Å². The quantitative estimate of drug-likeness (QED) is 0.826. The van der Waals surface area contributed by atoms with Crippen LogP contribution in [0.15, 0.2) is 12.4 Å². The normalized spacial score (nSPS) is 10.9. The molecule has 0 fully saturated rings. The van der Waals surface area contributed by atoms with E-state index in [2.05, 4.69) is 61.7 Å². The fourth-order valence-electron chi connectivity index (χ4n) is 1.67. The molecule has 0 unspecified atom stereocenters. The molecule has 0 spiro atoms. The van der Waals surface area contributed by atoms with Gasteiger partial charge in [0.2, 0.25) is 0 Å². The zero-order valence-electron chi connectivity index (χ0n) is 10.7. The molecule has 2 heterocycles. The Kier molecular flexibility index (Phi) is 4.15. The summed E-state index contributed by atoms with van der Waals surface area (Å²) in [4.78, 5) is 16.3. The Labute approximate surface area is 120 Å². The number of hydrogen-bond donors (Lipinski definition) is 2. The highest BCUT2D eigenvalue weighted by Gasteiger charge is 2.14. The minimum absolute atomic E-state index is 0.558. The van der Waals surface area contributed by atoms with Gasteiger partial charge >= 0.3 is 0 Å². The zero-order chi connectivity index (χ0) is 13.1. The summed E-state index contributed by atoms with van der Waals surface area (Å²) in [5.74, 6) is 2.75. The van der Waals surface area contributed by atoms with Crippen LogP contribution in [0.5, 0.6) is 0 Å². The average molecular weight is 357 g/mol. The standard InChI is InChI=1S/C12H16IN5/c1-7(2)6-8-9(13)10(14-3)18-12(17-8)11-15-4-5-16-11/h4-5,7H,6H2,1-3H3,(H,15,16)(H,14,17,18). The zero-order valence-corrected chi connectivity index (χ0v) is 12.8. The van der Waals surface area contributed by atoms with Gasteiger partial charge in [0.25, 0.3) is 0 Å². The van der Waals surface area contributed by atoms with E-state index < -0.39 is 0 Å². The predicted molar refractivity (Wildman–Crippen MR) is 80.4 cm³/mol. The van der Waals surface area contributed by atoms with Crippen LogP contribution in [0, 0.1) is 9.49 Å². The van der Waals surface area contributed by atoms with E-state index in [-0.39, 0.29) is 0 Å². The smallest absolute Gasteiger partial charge is 0.197 e. The molecular formula is C12H16IN5. The predicted octanol–water partition coefficient (Wildman–Crippen LogP) is 2.71. The van der Waals surface area contributed by atoms with Gasteiger partial charge in [-0.3, -0.25) is 0 Å². The lowest BCUT2D eigenvalue weighted by molar-refractivity contribution is 0.632. The Morgan fingerprint density at radius 2 is 2.17 bits per heavy atom. The summed E-state index contributed by atoms with van der Waals surface area (Å²) < 4.78 is 1.08. The maximum Gasteiger partial charge on any atom is 0.197 e. The van der Waals surface area contributed by atoms with Crippen molar-refractivity contribution in [1.82, 2.24) is 19.9 Å². The summed E-state index contributed by atoms with van der Waals surface area (Å²) in [7, 11) is 1.87. The molecule has 18 heavy (non-hydrogen) atoms. The largest absolute Gasteiger partial charge is 0.372 e. The highest BCUT2D eigenvalue weighted by atomic mass is 127. The summed E-state index contributed by atoms with van der Waals surface area (Å²) in [5, 5.41) is 3.11. The number of imidazole rings is 1. The van der Waals surface area contributed by atoms with Crippen molar-refractivity contribution < 1.29 is 0 Å². The number of aromatic amines is 1. The van der Waals surface area contributed by atoms with E-state index in [0.29, 0.717) is 17.6 Å². The van der Waals surface area contributed by atoms with Gasteiger partial charge in [-0.15, -0.1) is 0 Å². The van der Waals surface area contributed by atoms with Crippen LogP contribution in [0.3, 0.4) is 0 Å². The molecule has 0 aliphatic rings. The van der Waals surface area contributed by atoms with Crippen molar-refractivity contribution in [3.63, 3.8) is 0 Å². The van der Waals surface area contributed by atoms with Crippen LogP contribution < -0.4 is 5.32 Å². The highest BCUT2D eigenvalue weighted by Crippen LogP contribution is 2.23. The van der Waals surface area contributed by atoms with Gasteiger partial charge in [-0.1, -0.05) is 13.8 Å². The van der Waals surface area contributed by atoms with E-state index in [9.17, 15) is 0 Å². The van der Waals surface area contributed by atoms with Crippen LogP contribution in [0.25, 0.3) is 11.6 Å². The van der Waals surface area contributed by atoms with E-state index in [1.54, 1.807) is 12.4 Å². The topological polar surface area (TPSA) is 66.5 Å². The Morgan fingerprint density at radius 1 is 1.39 bits per heavy atom. The van der Waals surface area contributed by atoms with Crippen LogP contribution >= 0.6 is 22.6 Å². The maximum atomic E-state index is 4.61. The molecule has 0 amide bonds. The Balaban J connectivity index is 2.49. The van der Waals surface area contributed by atoms with Crippen molar-refractivity contribution >= 4 is 28.4 Å². The number of hydrogen-bond acceptors (Lipinski definition) is 4. The fraction of sp³-hybridized carbons (Fsp3) is 0.417. The van der Waals surface area contributed by atoms with Crippen LogP contribution in [0.2, 0.25) is 0 Å². The van der Waals surface area contributed by atoms with E-state index in [4.69, 9.17) is 0 Å². The fourth-order valence-corrected chi connectivity index (χ4v) is 2.41. The molecule has 0 saturated carbocycles. The first-order valence-corrected chi connectivity index (χ1v) is 6.93. The third kappa shape index (κ3) is 2.80. The van der Waals surface area contributed by atoms with Crippen molar-refractivity contribution in [1.29, 1.82) is 0 Å². The van der Waals surface area contributed by atoms with Crippen molar-refractivity contribution in [2.45, 2.75) is 20.3 Å². The summed E-state index contributed by atoms with van der Waals surface area (Å²) in [5.41, 5.74) is 1.07. The summed E-state index contributed by atoms with van der Waals surface area (Å²) >= 11 is 2.29. The molecule has 0 radical (unpaired) electrons. The van der Waals surface area contributed by atoms with E-state index in [0.717, 1.165) is 21.5 Å². The van der Waals surface area contributed by atoms with Crippen molar-refractivity contribution in [3.8, 4) is 11.6 Å². The van der Waals surface area contributed by atoms with Gasteiger partial charge in [-0.2, -0.15) is 0 Å². The molecular weight excluding hydrogens is 341 g/mol. The van der Waals surface area contributed by atoms with Crippen molar-refractivity contribution in [2.75, 3.05) is 12.4 Å². The van der Waals surface area contributed by atoms with Gasteiger partial charge in [-0.05, 0) is 34.9 Å². The Bertz CT molecular complexity index is 522. The van der Waals surface area contributed by atoms with E-state index in [1.807, 2.05) is 7.05 Å². The average Bonchev–Trinajstić information content (AvgIpc) is 2.84. The Hall–Kier alpha value is -1.18. The number of nitrogens with zero attached hydrogens (tertiary/aromatic N) is 3. The number of H-pyrrole nitrogens is 1. The van der Waals surface area contributed by atoms with Crippen LogP contribution in [0.1, 0.15) is 19.5 Å². The molecule has 2 aromatic rings. The summed E-state index contributed by atoms with van der Waals surface area (Å²) in [6, 6.07) is 0. The third-order valence-corrected chi connectivity index (χ3v) is 3.60. The molecule has 5 nitrogen and oxygen atoms in total. The van der Waals surface area contributed by atoms with Gasteiger partial charge in [0, 0.05) is 19.4 Å². The van der Waals surface area contributed by atoms with Gasteiger partial charge in [-0.25, -0.2) is 15.0 Å². The molecule has 6 heteroatoms. The second kappa shape index (κ2) is 5.64. The molecule has 0 bridgehead atoms. The number of rotatable bonds is 4. The molecule has 2 rings (SSSR count). The van der Waals surface area contributed by atoms with Crippen LogP contribution in [0.4, 0.5) is 5.82 Å². The molecule has 2 aromatic heterocycles. The van der Waals surface area contributed by atoms with Crippen LogP contribution in [-0.2, 0) is 6.42 Å². The van der Waals surface area contributed by atoms with Crippen molar-refractivity contribution in [2.24, 2.45) is 5.92 Å². The molecule has 0 saturated heterocycles. The second-order valence-corrected chi connectivity index (χ2v) is 5.52. The lowest BCUT2D eigenvalue weighted by Crippen LogP contribution is -2.08. The van der Waals surface area contributed by atoms with Gasteiger partial charge in [0.05, 0.1) is 9.26 Å². The first kappa shape index (κ1) is 13.3. The maximum absolute atomic E-state index is 4.61. The first-order valence-electron chi connectivity index (χ1n) is 5.85. The van der Waals surface area contributed by atoms with Gasteiger partial charge in [0.15, 0.2) is 11.6 Å². The molecule has 0 aromatic carbocycles. The van der Waals surface area contributed by atoms with E-state index in [1.165, 1.54) is 0 Å². The molecule has 0 atom stereocenters. The number of anilines is 1. The first-order chi connectivity index (χ1) is 8.61. The third-order valence-electron chi connectivity index (χ3n) is 2.47. The highest BCUT2D eigenvalue weighted by molar-refractivity contribution is 14.1. The van der Waals surface area contributed by atoms with Gasteiger partial charge in [0.1, 0.15) is 5.82 Å². The molecule has 96 valence electrons. The number of nitrogens with one attached hydrogen (secondary N) is 2. The second-order valence-electron chi connectivity index (χ2n) is 4.44. The molecule has 0 aliphatic carbocycles. The molecule has 2 N–H and O–H groups in total. The minimum Gasteiger partial charge on any atom is -0.372 e. The Morgan fingerprint density at radius 3 is 2.72 bits per heavy atom. The number of aromatic nitrogens is 4.